The molecule has 0 bridgehead atoms. The van der Waals surface area contributed by atoms with Crippen molar-refractivity contribution in [2.75, 3.05) is 0 Å². The molecule has 1 aromatic rings. The number of primary amides is 1. The maximum Gasteiger partial charge on any atom is 0.258 e. The fourth-order valence-corrected chi connectivity index (χ4v) is 1.48. The van der Waals surface area contributed by atoms with Gasteiger partial charge in [0.15, 0.2) is 6.10 Å². The predicted octanol–water partition coefficient (Wildman–Crippen LogP) is 1.49. The number of carbonyl (C=O) groups is 1. The van der Waals surface area contributed by atoms with Gasteiger partial charge in [-0.25, -0.2) is 4.39 Å². The molecular weight excluding hydrogens is 223 g/mol. The highest BCUT2D eigenvalue weighted by molar-refractivity contribution is 5.79. The zero-order chi connectivity index (χ0) is 13.0. The molecule has 1 rings (SSSR count). The molecule has 0 fully saturated rings. The van der Waals surface area contributed by atoms with E-state index in [2.05, 4.69) is 0 Å². The van der Waals surface area contributed by atoms with Crippen LogP contribution in [-0.2, 0) is 4.79 Å². The highest BCUT2D eigenvalue weighted by Gasteiger charge is 2.18. The van der Waals surface area contributed by atoms with Gasteiger partial charge in [0.25, 0.3) is 5.91 Å². The molecule has 0 saturated carbocycles. The summed E-state index contributed by atoms with van der Waals surface area (Å²) in [7, 11) is 0. The van der Waals surface area contributed by atoms with Gasteiger partial charge in [-0.2, -0.15) is 0 Å². The number of ether oxygens (including phenoxy) is 1. The van der Waals surface area contributed by atoms with Crippen molar-refractivity contribution in [3.05, 3.63) is 29.6 Å². The van der Waals surface area contributed by atoms with Gasteiger partial charge in [-0.1, -0.05) is 13.0 Å². The summed E-state index contributed by atoms with van der Waals surface area (Å²) in [5.74, 6) is -0.748. The Labute approximate surface area is 99.7 Å². The molecule has 1 unspecified atom stereocenters. The first-order valence-corrected chi connectivity index (χ1v) is 5.46. The molecular formula is C12H17FN2O2. The van der Waals surface area contributed by atoms with Crippen molar-refractivity contribution in [2.45, 2.75) is 32.4 Å². The molecule has 1 amide bonds. The number of hydrogen-bond donors (Lipinski definition) is 2. The van der Waals surface area contributed by atoms with Crippen molar-refractivity contribution < 1.29 is 13.9 Å². The van der Waals surface area contributed by atoms with Crippen molar-refractivity contribution in [3.63, 3.8) is 0 Å². The topological polar surface area (TPSA) is 78.3 Å². The Balaban J connectivity index is 3.02. The molecule has 2 atom stereocenters. The summed E-state index contributed by atoms with van der Waals surface area (Å²) in [5, 5.41) is 0. The van der Waals surface area contributed by atoms with Crippen LogP contribution < -0.4 is 16.2 Å². The molecule has 4 N–H and O–H groups in total. The van der Waals surface area contributed by atoms with E-state index in [9.17, 15) is 9.18 Å². The zero-order valence-corrected chi connectivity index (χ0v) is 9.94. The van der Waals surface area contributed by atoms with Gasteiger partial charge in [0, 0.05) is 17.7 Å². The Kier molecular flexibility index (Phi) is 4.45. The smallest absolute Gasteiger partial charge is 0.258 e. The number of hydrogen-bond acceptors (Lipinski definition) is 3. The average molecular weight is 240 g/mol. The third-order valence-corrected chi connectivity index (χ3v) is 2.42. The Bertz CT molecular complexity index is 407. The molecule has 0 spiro atoms. The molecule has 4 nitrogen and oxygen atoms in total. The molecule has 0 aliphatic carbocycles. The lowest BCUT2D eigenvalue weighted by atomic mass is 10.1. The SMILES string of the molecule is CCC(Oc1cc(F)ccc1[C@H](C)N)C(N)=O. The number of nitrogens with two attached hydrogens (primary N) is 2. The van der Waals surface area contributed by atoms with Crippen LogP contribution >= 0.6 is 0 Å². The van der Waals surface area contributed by atoms with E-state index in [1.165, 1.54) is 12.1 Å². The van der Waals surface area contributed by atoms with Gasteiger partial charge >= 0.3 is 0 Å². The maximum absolute atomic E-state index is 13.1. The predicted molar refractivity (Wildman–Crippen MR) is 62.9 cm³/mol. The van der Waals surface area contributed by atoms with E-state index in [1.54, 1.807) is 19.9 Å². The molecule has 0 radical (unpaired) electrons. The summed E-state index contributed by atoms with van der Waals surface area (Å²) in [6, 6.07) is 3.75. The third-order valence-electron chi connectivity index (χ3n) is 2.42. The van der Waals surface area contributed by atoms with E-state index in [0.717, 1.165) is 0 Å². The van der Waals surface area contributed by atoms with Gasteiger partial charge in [-0.3, -0.25) is 4.79 Å². The number of amides is 1. The first-order chi connectivity index (χ1) is 7.95. The quantitative estimate of drug-likeness (QED) is 0.818. The van der Waals surface area contributed by atoms with Crippen LogP contribution in [0.3, 0.4) is 0 Å². The lowest BCUT2D eigenvalue weighted by Gasteiger charge is -2.18. The Morgan fingerprint density at radius 1 is 1.53 bits per heavy atom. The number of benzene rings is 1. The van der Waals surface area contributed by atoms with Gasteiger partial charge in [0.1, 0.15) is 11.6 Å². The van der Waals surface area contributed by atoms with Crippen molar-refractivity contribution in [2.24, 2.45) is 11.5 Å². The minimum absolute atomic E-state index is 0.269. The lowest BCUT2D eigenvalue weighted by Crippen LogP contribution is -2.33. The zero-order valence-electron chi connectivity index (χ0n) is 9.94. The Hall–Kier alpha value is -1.62. The standard InChI is InChI=1S/C12H17FN2O2/c1-3-10(12(15)16)17-11-6-8(13)4-5-9(11)7(2)14/h4-7,10H,3,14H2,1-2H3,(H2,15,16)/t7-,10?/m0/s1. The van der Waals surface area contributed by atoms with Crippen LogP contribution in [0.25, 0.3) is 0 Å². The monoisotopic (exact) mass is 240 g/mol. The fraction of sp³-hybridized carbons (Fsp3) is 0.417. The number of carbonyl (C=O) groups excluding carboxylic acids is 1. The van der Waals surface area contributed by atoms with E-state index in [0.29, 0.717) is 12.0 Å². The summed E-state index contributed by atoms with van der Waals surface area (Å²) in [6.07, 6.45) is -0.348. The van der Waals surface area contributed by atoms with E-state index in [1.807, 2.05) is 0 Å². The molecule has 1 aromatic carbocycles. The highest BCUT2D eigenvalue weighted by Crippen LogP contribution is 2.26. The van der Waals surface area contributed by atoms with Crippen molar-refractivity contribution in [3.8, 4) is 5.75 Å². The maximum atomic E-state index is 13.1. The largest absolute Gasteiger partial charge is 0.480 e. The van der Waals surface area contributed by atoms with E-state index >= 15 is 0 Å². The third kappa shape index (κ3) is 3.42. The van der Waals surface area contributed by atoms with Gasteiger partial charge in [-0.05, 0) is 19.4 Å². The van der Waals surface area contributed by atoms with Gasteiger partial charge in [0.05, 0.1) is 0 Å². The molecule has 0 aromatic heterocycles. The lowest BCUT2D eigenvalue weighted by molar-refractivity contribution is -0.124. The van der Waals surface area contributed by atoms with Crippen molar-refractivity contribution in [1.82, 2.24) is 0 Å². The summed E-state index contributed by atoms with van der Waals surface area (Å²) in [4.78, 5) is 11.1. The summed E-state index contributed by atoms with van der Waals surface area (Å²) < 4.78 is 18.5. The van der Waals surface area contributed by atoms with Crippen LogP contribution in [0, 0.1) is 5.82 Å². The first kappa shape index (κ1) is 13.4. The van der Waals surface area contributed by atoms with Crippen LogP contribution in [0.15, 0.2) is 18.2 Å². The van der Waals surface area contributed by atoms with Crippen LogP contribution in [-0.4, -0.2) is 12.0 Å². The van der Waals surface area contributed by atoms with E-state index < -0.39 is 17.8 Å². The molecule has 0 aliphatic rings. The second-order valence-electron chi connectivity index (χ2n) is 3.89. The molecule has 17 heavy (non-hydrogen) atoms. The van der Waals surface area contributed by atoms with Gasteiger partial charge < -0.3 is 16.2 Å². The van der Waals surface area contributed by atoms with Crippen molar-refractivity contribution in [1.29, 1.82) is 0 Å². The minimum atomic E-state index is -0.769. The Morgan fingerprint density at radius 2 is 2.18 bits per heavy atom. The molecule has 0 saturated heterocycles. The summed E-state index contributed by atoms with van der Waals surface area (Å²) >= 11 is 0. The second-order valence-corrected chi connectivity index (χ2v) is 3.89. The first-order valence-electron chi connectivity index (χ1n) is 5.46. The highest BCUT2D eigenvalue weighted by atomic mass is 19.1. The van der Waals surface area contributed by atoms with Crippen molar-refractivity contribution >= 4 is 5.91 Å². The summed E-state index contributed by atoms with van der Waals surface area (Å²) in [6.45, 7) is 3.52. The number of halogens is 1. The number of rotatable bonds is 5. The molecule has 0 aliphatic heterocycles. The Morgan fingerprint density at radius 3 is 2.65 bits per heavy atom. The van der Waals surface area contributed by atoms with Crippen LogP contribution in [0.5, 0.6) is 5.75 Å². The molecule has 5 heteroatoms. The minimum Gasteiger partial charge on any atom is -0.480 e. The van der Waals surface area contributed by atoms with Crippen LogP contribution in [0.4, 0.5) is 4.39 Å². The van der Waals surface area contributed by atoms with E-state index in [4.69, 9.17) is 16.2 Å². The molecule has 0 heterocycles. The van der Waals surface area contributed by atoms with Crippen LogP contribution in [0.1, 0.15) is 31.9 Å². The molecule has 94 valence electrons. The normalized spacial score (nSPS) is 14.1. The summed E-state index contributed by atoms with van der Waals surface area (Å²) in [5.41, 5.74) is 11.6. The second kappa shape index (κ2) is 5.63. The van der Waals surface area contributed by atoms with Crippen LogP contribution in [0.2, 0.25) is 0 Å². The van der Waals surface area contributed by atoms with Gasteiger partial charge in [0.2, 0.25) is 0 Å². The van der Waals surface area contributed by atoms with Gasteiger partial charge in [-0.15, -0.1) is 0 Å². The van der Waals surface area contributed by atoms with E-state index in [-0.39, 0.29) is 11.8 Å². The average Bonchev–Trinajstić information content (AvgIpc) is 2.25. The fourth-order valence-electron chi connectivity index (χ4n) is 1.48.